The summed E-state index contributed by atoms with van der Waals surface area (Å²) < 4.78 is 26.3. The maximum absolute atomic E-state index is 6.63. The molecule has 1 saturated heterocycles. The van der Waals surface area contributed by atoms with Crippen molar-refractivity contribution in [1.29, 1.82) is 0 Å². The molecule has 0 bridgehead atoms. The molecule has 1 aliphatic rings. The Kier molecular flexibility index (Phi) is 9.84. The highest BCUT2D eigenvalue weighted by atomic mass is 16.6. The molecular weight excluding hydrogens is 450 g/mol. The van der Waals surface area contributed by atoms with E-state index >= 15 is 0 Å². The quantitative estimate of drug-likeness (QED) is 0.351. The number of benzene rings is 3. The largest absolute Gasteiger partial charge is 0.368 e. The molecule has 0 amide bonds. The summed E-state index contributed by atoms with van der Waals surface area (Å²) in [5.74, 6) is 0. The third-order valence-electron chi connectivity index (χ3n) is 6.38. The maximum atomic E-state index is 6.63. The van der Waals surface area contributed by atoms with Crippen molar-refractivity contribution in [3.63, 3.8) is 0 Å². The van der Waals surface area contributed by atoms with E-state index in [1.54, 1.807) is 0 Å². The molecule has 3 aromatic rings. The lowest BCUT2D eigenvalue weighted by Gasteiger charge is -2.46. The molecule has 0 aromatic heterocycles. The first-order chi connectivity index (χ1) is 17.7. The standard InChI is InChI=1S/C31H37NO4/c1-23(2)28-30(34-21-25-15-9-5-10-16-25)31(35-22-26-17-11-6-12-18-26)29(27(36-28)19-32-3)33-20-24-13-7-4-8-14-24/h4-18,27-32H,1,19-22H2,2-3H3/t27-,28+,29-,30+,31+/m0/s1. The van der Waals surface area contributed by atoms with Gasteiger partial charge in [-0.3, -0.25) is 0 Å². The second kappa shape index (κ2) is 13.5. The molecule has 5 nitrogen and oxygen atoms in total. The van der Waals surface area contributed by atoms with Gasteiger partial charge in [-0.15, -0.1) is 0 Å². The molecule has 0 saturated carbocycles. The highest BCUT2D eigenvalue weighted by Crippen LogP contribution is 2.32. The predicted molar refractivity (Wildman–Crippen MR) is 142 cm³/mol. The average molecular weight is 488 g/mol. The Labute approximate surface area is 215 Å². The van der Waals surface area contributed by atoms with Crippen molar-refractivity contribution in [1.82, 2.24) is 5.32 Å². The van der Waals surface area contributed by atoms with Crippen molar-refractivity contribution in [2.24, 2.45) is 0 Å². The van der Waals surface area contributed by atoms with Gasteiger partial charge in [0, 0.05) is 6.54 Å². The monoisotopic (exact) mass is 487 g/mol. The number of likely N-dealkylation sites (N-methyl/N-ethyl adjacent to an activating group) is 1. The van der Waals surface area contributed by atoms with Gasteiger partial charge in [0.15, 0.2) is 0 Å². The van der Waals surface area contributed by atoms with Gasteiger partial charge in [0.05, 0.1) is 25.9 Å². The van der Waals surface area contributed by atoms with Gasteiger partial charge in [0.1, 0.15) is 24.4 Å². The molecule has 0 aliphatic carbocycles. The van der Waals surface area contributed by atoms with Gasteiger partial charge in [0.2, 0.25) is 0 Å². The van der Waals surface area contributed by atoms with Crippen LogP contribution in [0.4, 0.5) is 0 Å². The molecule has 1 N–H and O–H groups in total. The van der Waals surface area contributed by atoms with E-state index in [0.717, 1.165) is 22.3 Å². The Morgan fingerprint density at radius 2 is 1.11 bits per heavy atom. The molecule has 5 heteroatoms. The van der Waals surface area contributed by atoms with Crippen molar-refractivity contribution in [2.75, 3.05) is 13.6 Å². The van der Waals surface area contributed by atoms with Crippen LogP contribution in [0, 0.1) is 0 Å². The van der Waals surface area contributed by atoms with Crippen molar-refractivity contribution in [3.05, 3.63) is 120 Å². The van der Waals surface area contributed by atoms with Gasteiger partial charge in [-0.2, -0.15) is 0 Å². The number of rotatable bonds is 12. The minimum Gasteiger partial charge on any atom is -0.368 e. The van der Waals surface area contributed by atoms with Gasteiger partial charge < -0.3 is 24.3 Å². The van der Waals surface area contributed by atoms with Crippen molar-refractivity contribution < 1.29 is 18.9 Å². The molecule has 0 unspecified atom stereocenters. The van der Waals surface area contributed by atoms with Crippen LogP contribution in [0.25, 0.3) is 0 Å². The van der Waals surface area contributed by atoms with E-state index in [1.807, 2.05) is 68.6 Å². The lowest BCUT2D eigenvalue weighted by Crippen LogP contribution is -2.62. The molecule has 190 valence electrons. The Hall–Kier alpha value is -2.80. The van der Waals surface area contributed by atoms with Crippen molar-refractivity contribution in [3.8, 4) is 0 Å². The Balaban J connectivity index is 1.61. The van der Waals surface area contributed by atoms with E-state index in [9.17, 15) is 0 Å². The van der Waals surface area contributed by atoms with E-state index < -0.39 is 0 Å². The van der Waals surface area contributed by atoms with Crippen LogP contribution in [-0.2, 0) is 38.8 Å². The van der Waals surface area contributed by atoms with Gasteiger partial charge in [-0.1, -0.05) is 97.6 Å². The Morgan fingerprint density at radius 1 is 0.694 bits per heavy atom. The fourth-order valence-corrected chi connectivity index (χ4v) is 4.55. The summed E-state index contributed by atoms with van der Waals surface area (Å²) >= 11 is 0. The zero-order valence-electron chi connectivity index (χ0n) is 21.2. The molecule has 1 heterocycles. The fourth-order valence-electron chi connectivity index (χ4n) is 4.55. The molecule has 0 spiro atoms. The molecule has 0 radical (unpaired) electrons. The summed E-state index contributed by atoms with van der Waals surface area (Å²) in [5.41, 5.74) is 4.21. The first-order valence-corrected chi connectivity index (χ1v) is 12.6. The Morgan fingerprint density at radius 3 is 1.53 bits per heavy atom. The number of hydrogen-bond donors (Lipinski definition) is 1. The van der Waals surface area contributed by atoms with Gasteiger partial charge in [0.25, 0.3) is 0 Å². The summed E-state index contributed by atoms with van der Waals surface area (Å²) in [7, 11) is 1.92. The second-order valence-electron chi connectivity index (χ2n) is 9.28. The van der Waals surface area contributed by atoms with Gasteiger partial charge in [-0.25, -0.2) is 0 Å². The lowest BCUT2D eigenvalue weighted by atomic mass is 9.91. The summed E-state index contributed by atoms with van der Waals surface area (Å²) in [4.78, 5) is 0. The zero-order valence-corrected chi connectivity index (χ0v) is 21.2. The molecule has 5 atom stereocenters. The number of ether oxygens (including phenoxy) is 4. The van der Waals surface area contributed by atoms with Crippen LogP contribution in [-0.4, -0.2) is 44.1 Å². The first-order valence-electron chi connectivity index (χ1n) is 12.6. The second-order valence-corrected chi connectivity index (χ2v) is 9.28. The molecule has 36 heavy (non-hydrogen) atoms. The molecule has 3 aromatic carbocycles. The predicted octanol–water partition coefficient (Wildman–Crippen LogP) is 5.31. The van der Waals surface area contributed by atoms with Gasteiger partial charge in [-0.05, 0) is 36.2 Å². The molecular formula is C31H37NO4. The molecule has 1 fully saturated rings. The van der Waals surface area contributed by atoms with E-state index in [1.165, 1.54) is 0 Å². The Bertz CT molecular complexity index is 1040. The lowest BCUT2D eigenvalue weighted by molar-refractivity contribution is -0.256. The SMILES string of the molecule is C=C(C)[C@H]1O[C@@H](CNC)[C@H](OCc2ccccc2)[C@@H](OCc2ccccc2)[C@@H]1OCc1ccccc1. The third-order valence-corrected chi connectivity index (χ3v) is 6.38. The van der Waals surface area contributed by atoms with Crippen LogP contribution in [0.5, 0.6) is 0 Å². The summed E-state index contributed by atoms with van der Waals surface area (Å²) in [6.45, 7) is 8.21. The van der Waals surface area contributed by atoms with Crippen molar-refractivity contribution >= 4 is 0 Å². The topological polar surface area (TPSA) is 49.0 Å². The third kappa shape index (κ3) is 7.12. The summed E-state index contributed by atoms with van der Waals surface area (Å²) in [5, 5.41) is 3.26. The fraction of sp³-hybridized carbons (Fsp3) is 0.355. The van der Waals surface area contributed by atoms with Crippen LogP contribution in [0.1, 0.15) is 23.6 Å². The van der Waals surface area contributed by atoms with Crippen LogP contribution in [0.2, 0.25) is 0 Å². The van der Waals surface area contributed by atoms with Crippen LogP contribution < -0.4 is 5.32 Å². The number of nitrogens with one attached hydrogen (secondary N) is 1. The van der Waals surface area contributed by atoms with E-state index in [2.05, 4.69) is 48.3 Å². The van der Waals surface area contributed by atoms with Crippen LogP contribution >= 0.6 is 0 Å². The zero-order chi connectivity index (χ0) is 25.2. The van der Waals surface area contributed by atoms with Crippen LogP contribution in [0.3, 0.4) is 0 Å². The smallest absolute Gasteiger partial charge is 0.117 e. The van der Waals surface area contributed by atoms with Crippen LogP contribution in [0.15, 0.2) is 103 Å². The molecule has 1 aliphatic heterocycles. The number of hydrogen-bond acceptors (Lipinski definition) is 5. The van der Waals surface area contributed by atoms with E-state index in [-0.39, 0.29) is 30.5 Å². The van der Waals surface area contributed by atoms with E-state index in [4.69, 9.17) is 18.9 Å². The summed E-state index contributed by atoms with van der Waals surface area (Å²) in [6.07, 6.45) is -1.60. The molecule has 4 rings (SSSR count). The summed E-state index contributed by atoms with van der Waals surface area (Å²) in [6, 6.07) is 30.5. The first kappa shape index (κ1) is 26.3. The minimum absolute atomic E-state index is 0.224. The highest BCUT2D eigenvalue weighted by molar-refractivity contribution is 5.17. The van der Waals surface area contributed by atoms with Gasteiger partial charge >= 0.3 is 0 Å². The highest BCUT2D eigenvalue weighted by Gasteiger charge is 2.48. The minimum atomic E-state index is -0.375. The average Bonchev–Trinajstić information content (AvgIpc) is 2.92. The van der Waals surface area contributed by atoms with E-state index in [0.29, 0.717) is 26.4 Å². The van der Waals surface area contributed by atoms with Crippen molar-refractivity contribution in [2.45, 2.75) is 57.3 Å². The maximum Gasteiger partial charge on any atom is 0.117 e. The normalized spacial score (nSPS) is 23.9.